The Morgan fingerprint density at radius 3 is 2.96 bits per heavy atom. The number of likely N-dealkylation sites (tertiary alicyclic amines) is 1. The van der Waals surface area contributed by atoms with Gasteiger partial charge in [-0.1, -0.05) is 12.5 Å². The van der Waals surface area contributed by atoms with E-state index in [0.717, 1.165) is 36.8 Å². The fraction of sp³-hybridized carbons (Fsp3) is 0.500. The second kappa shape index (κ2) is 7.51. The molecule has 5 heteroatoms. The fourth-order valence-electron chi connectivity index (χ4n) is 3.27. The van der Waals surface area contributed by atoms with Crippen LogP contribution in [-0.4, -0.2) is 35.1 Å². The van der Waals surface area contributed by atoms with Gasteiger partial charge in [-0.2, -0.15) is 0 Å². The van der Waals surface area contributed by atoms with E-state index >= 15 is 0 Å². The summed E-state index contributed by atoms with van der Waals surface area (Å²) in [6.45, 7) is 4.62. The van der Waals surface area contributed by atoms with Crippen molar-refractivity contribution in [1.82, 2.24) is 14.9 Å². The van der Waals surface area contributed by atoms with Gasteiger partial charge in [0, 0.05) is 18.9 Å². The van der Waals surface area contributed by atoms with Gasteiger partial charge in [0.1, 0.15) is 5.82 Å². The normalized spacial score (nSPS) is 18.8. The van der Waals surface area contributed by atoms with Gasteiger partial charge in [-0.25, -0.2) is 4.98 Å². The van der Waals surface area contributed by atoms with Crippen molar-refractivity contribution in [3.8, 4) is 11.5 Å². The highest BCUT2D eigenvalue weighted by atomic mass is 16.5. The zero-order valence-corrected chi connectivity index (χ0v) is 13.9. The van der Waals surface area contributed by atoms with Gasteiger partial charge < -0.3 is 14.5 Å². The average Bonchev–Trinajstić information content (AvgIpc) is 3.11. The van der Waals surface area contributed by atoms with E-state index < -0.39 is 0 Å². The van der Waals surface area contributed by atoms with Gasteiger partial charge in [0.15, 0.2) is 11.5 Å². The number of aromatic nitrogens is 2. The highest BCUT2D eigenvalue weighted by Crippen LogP contribution is 2.33. The first-order valence-electron chi connectivity index (χ1n) is 8.35. The van der Waals surface area contributed by atoms with Gasteiger partial charge in [-0.05, 0) is 44.0 Å². The maximum atomic E-state index is 5.60. The molecule has 2 aromatic rings. The summed E-state index contributed by atoms with van der Waals surface area (Å²) in [6, 6.07) is 6.58. The Labute approximate surface area is 137 Å². The molecule has 124 valence electrons. The molecule has 0 unspecified atom stereocenters. The Morgan fingerprint density at radius 2 is 2.22 bits per heavy atom. The predicted molar refractivity (Wildman–Crippen MR) is 89.8 cm³/mol. The number of imidazole rings is 1. The van der Waals surface area contributed by atoms with Crippen LogP contribution in [0.5, 0.6) is 11.5 Å². The van der Waals surface area contributed by atoms with Crippen LogP contribution in [0, 0.1) is 0 Å². The Balaban J connectivity index is 1.76. The van der Waals surface area contributed by atoms with Crippen molar-refractivity contribution in [2.75, 3.05) is 20.3 Å². The lowest BCUT2D eigenvalue weighted by Crippen LogP contribution is -2.33. The largest absolute Gasteiger partial charge is 0.493 e. The van der Waals surface area contributed by atoms with E-state index in [1.807, 2.05) is 25.4 Å². The Bertz CT molecular complexity index is 613. The molecule has 1 saturated heterocycles. The lowest BCUT2D eigenvalue weighted by Gasteiger charge is -2.34. The summed E-state index contributed by atoms with van der Waals surface area (Å²) < 4.78 is 11.1. The highest BCUT2D eigenvalue weighted by Gasteiger charge is 2.25. The van der Waals surface area contributed by atoms with Gasteiger partial charge in [0.2, 0.25) is 0 Å². The minimum Gasteiger partial charge on any atom is -0.493 e. The summed E-state index contributed by atoms with van der Waals surface area (Å²) in [5, 5.41) is 0. The van der Waals surface area contributed by atoms with E-state index in [1.54, 1.807) is 7.11 Å². The SMILES string of the molecule is CCOc1ccc(CN2CCCC[C@H]2c2ncc[nH]2)cc1OC. The quantitative estimate of drug-likeness (QED) is 0.886. The number of H-pyrrole nitrogens is 1. The second-order valence-electron chi connectivity index (χ2n) is 5.87. The summed E-state index contributed by atoms with van der Waals surface area (Å²) in [4.78, 5) is 10.2. The van der Waals surface area contributed by atoms with Crippen LogP contribution in [0.25, 0.3) is 0 Å². The van der Waals surface area contributed by atoms with Crippen molar-refractivity contribution < 1.29 is 9.47 Å². The van der Waals surface area contributed by atoms with Crippen molar-refractivity contribution in [3.05, 3.63) is 42.0 Å². The minimum absolute atomic E-state index is 0.372. The van der Waals surface area contributed by atoms with E-state index in [2.05, 4.69) is 27.0 Å². The molecule has 1 aromatic heterocycles. The molecule has 1 N–H and O–H groups in total. The van der Waals surface area contributed by atoms with E-state index in [0.29, 0.717) is 12.6 Å². The third-order valence-corrected chi connectivity index (χ3v) is 4.36. The molecule has 23 heavy (non-hydrogen) atoms. The summed E-state index contributed by atoms with van der Waals surface area (Å²) in [5.41, 5.74) is 1.24. The molecule has 2 heterocycles. The maximum Gasteiger partial charge on any atom is 0.161 e. The highest BCUT2D eigenvalue weighted by molar-refractivity contribution is 5.43. The first-order valence-corrected chi connectivity index (χ1v) is 8.35. The number of hydrogen-bond donors (Lipinski definition) is 1. The number of methoxy groups -OCH3 is 1. The predicted octanol–water partition coefficient (Wildman–Crippen LogP) is 3.54. The van der Waals surface area contributed by atoms with Gasteiger partial charge >= 0.3 is 0 Å². The van der Waals surface area contributed by atoms with Crippen molar-refractivity contribution in [2.45, 2.75) is 38.8 Å². The summed E-state index contributed by atoms with van der Waals surface area (Å²) in [7, 11) is 1.69. The molecule has 0 aliphatic carbocycles. The van der Waals surface area contributed by atoms with E-state index in [4.69, 9.17) is 9.47 Å². The van der Waals surface area contributed by atoms with Gasteiger partial charge in [0.05, 0.1) is 19.8 Å². The second-order valence-corrected chi connectivity index (χ2v) is 5.87. The van der Waals surface area contributed by atoms with Crippen LogP contribution in [0.4, 0.5) is 0 Å². The average molecular weight is 315 g/mol. The summed E-state index contributed by atoms with van der Waals surface area (Å²) in [6.07, 6.45) is 7.39. The number of rotatable bonds is 6. The van der Waals surface area contributed by atoms with Crippen molar-refractivity contribution in [3.63, 3.8) is 0 Å². The van der Waals surface area contributed by atoms with Crippen LogP contribution in [-0.2, 0) is 6.54 Å². The molecule has 0 bridgehead atoms. The number of piperidine rings is 1. The van der Waals surface area contributed by atoms with Crippen LogP contribution < -0.4 is 9.47 Å². The first kappa shape index (κ1) is 15.9. The van der Waals surface area contributed by atoms with Gasteiger partial charge in [-0.3, -0.25) is 4.90 Å². The van der Waals surface area contributed by atoms with Crippen molar-refractivity contribution >= 4 is 0 Å². The molecule has 0 saturated carbocycles. The lowest BCUT2D eigenvalue weighted by molar-refractivity contribution is 0.134. The molecule has 1 aromatic carbocycles. The van der Waals surface area contributed by atoms with Gasteiger partial charge in [0.25, 0.3) is 0 Å². The third kappa shape index (κ3) is 3.67. The zero-order chi connectivity index (χ0) is 16.1. The standard InChI is InChI=1S/C18H25N3O2/c1-3-23-16-8-7-14(12-17(16)22-2)13-21-11-5-4-6-15(21)18-19-9-10-20-18/h7-10,12,15H,3-6,11,13H2,1-2H3,(H,19,20)/t15-/m0/s1. The molecule has 1 aliphatic rings. The Hall–Kier alpha value is -2.01. The Morgan fingerprint density at radius 1 is 1.30 bits per heavy atom. The van der Waals surface area contributed by atoms with Crippen molar-refractivity contribution in [2.24, 2.45) is 0 Å². The lowest BCUT2D eigenvalue weighted by atomic mass is 10.0. The Kier molecular flexibility index (Phi) is 5.18. The minimum atomic E-state index is 0.372. The molecule has 0 spiro atoms. The number of ether oxygens (including phenoxy) is 2. The van der Waals surface area contributed by atoms with Crippen molar-refractivity contribution in [1.29, 1.82) is 0 Å². The van der Waals surface area contributed by atoms with E-state index in [1.165, 1.54) is 18.4 Å². The topological polar surface area (TPSA) is 50.4 Å². The molecule has 1 aliphatic heterocycles. The van der Waals surface area contributed by atoms with Gasteiger partial charge in [-0.15, -0.1) is 0 Å². The third-order valence-electron chi connectivity index (χ3n) is 4.36. The number of nitrogens with zero attached hydrogens (tertiary/aromatic N) is 2. The molecule has 5 nitrogen and oxygen atoms in total. The molecule has 1 atom stereocenters. The smallest absolute Gasteiger partial charge is 0.161 e. The molecule has 0 amide bonds. The number of nitrogens with one attached hydrogen (secondary N) is 1. The van der Waals surface area contributed by atoms with Crippen LogP contribution in [0.15, 0.2) is 30.6 Å². The van der Waals surface area contributed by atoms with E-state index in [-0.39, 0.29) is 0 Å². The van der Waals surface area contributed by atoms with Crippen LogP contribution in [0.2, 0.25) is 0 Å². The molecule has 3 rings (SSSR count). The molecular formula is C18H25N3O2. The molecule has 0 radical (unpaired) electrons. The summed E-state index contributed by atoms with van der Waals surface area (Å²) >= 11 is 0. The van der Waals surface area contributed by atoms with E-state index in [9.17, 15) is 0 Å². The number of aromatic amines is 1. The number of benzene rings is 1. The fourth-order valence-corrected chi connectivity index (χ4v) is 3.27. The zero-order valence-electron chi connectivity index (χ0n) is 13.9. The van der Waals surface area contributed by atoms with Crippen LogP contribution in [0.3, 0.4) is 0 Å². The summed E-state index contributed by atoms with van der Waals surface area (Å²) in [5.74, 6) is 2.68. The van der Waals surface area contributed by atoms with Crippen LogP contribution in [0.1, 0.15) is 43.6 Å². The maximum absolute atomic E-state index is 5.60. The monoisotopic (exact) mass is 315 g/mol. The van der Waals surface area contributed by atoms with Crippen LogP contribution >= 0.6 is 0 Å². The first-order chi connectivity index (χ1) is 11.3. The molecular weight excluding hydrogens is 290 g/mol. The molecule has 1 fully saturated rings. The number of hydrogen-bond acceptors (Lipinski definition) is 4.